The van der Waals surface area contributed by atoms with Crippen LogP contribution in [0, 0.1) is 0 Å². The van der Waals surface area contributed by atoms with Gasteiger partial charge in [0.1, 0.15) is 0 Å². The molecule has 3 N–H and O–H groups in total. The van der Waals surface area contributed by atoms with Gasteiger partial charge in [0.2, 0.25) is 0 Å². The molecule has 0 amide bonds. The minimum Gasteiger partial charge on any atom is -0.408 e. The Hall–Kier alpha value is -1.59. The third kappa shape index (κ3) is 2.31. The highest BCUT2D eigenvalue weighted by molar-refractivity contribution is 5.73. The van der Waals surface area contributed by atoms with E-state index in [0.717, 1.165) is 24.0 Å². The first-order valence-electron chi connectivity index (χ1n) is 6.73. The number of hydrogen-bond donors (Lipinski definition) is 2. The van der Waals surface area contributed by atoms with Crippen molar-refractivity contribution >= 4 is 11.1 Å². The van der Waals surface area contributed by atoms with Gasteiger partial charge in [0.25, 0.3) is 0 Å². The van der Waals surface area contributed by atoms with Gasteiger partial charge in [-0.15, -0.1) is 0 Å². The Balaban J connectivity index is 1.87. The lowest BCUT2D eigenvalue weighted by Crippen LogP contribution is -2.26. The van der Waals surface area contributed by atoms with Crippen molar-refractivity contribution in [1.82, 2.24) is 9.88 Å². The van der Waals surface area contributed by atoms with Crippen LogP contribution in [0.4, 0.5) is 0 Å². The molecule has 0 bridgehead atoms. The molecule has 2 atom stereocenters. The second-order valence-corrected chi connectivity index (χ2v) is 5.29. The number of oxazole rings is 1. The lowest BCUT2D eigenvalue weighted by Gasteiger charge is -2.17. The van der Waals surface area contributed by atoms with Crippen LogP contribution in [0.3, 0.4) is 0 Å². The second kappa shape index (κ2) is 4.83. The Morgan fingerprint density at radius 3 is 3.16 bits per heavy atom. The van der Waals surface area contributed by atoms with E-state index in [-0.39, 0.29) is 11.8 Å². The summed E-state index contributed by atoms with van der Waals surface area (Å²) in [6.07, 6.45) is 3.35. The first-order valence-corrected chi connectivity index (χ1v) is 6.73. The molecule has 1 fully saturated rings. The lowest BCUT2D eigenvalue weighted by atomic mass is 9.99. The summed E-state index contributed by atoms with van der Waals surface area (Å²) in [5.74, 6) is -0.335. The van der Waals surface area contributed by atoms with Gasteiger partial charge in [-0.3, -0.25) is 4.57 Å². The molecule has 1 aliphatic rings. The molecule has 2 heterocycles. The van der Waals surface area contributed by atoms with Crippen LogP contribution in [0.5, 0.6) is 0 Å². The largest absolute Gasteiger partial charge is 0.419 e. The highest BCUT2D eigenvalue weighted by atomic mass is 16.4. The molecule has 3 rings (SSSR count). The van der Waals surface area contributed by atoms with Gasteiger partial charge in [0, 0.05) is 19.1 Å². The standard InChI is InChI=1S/C14H19N3O2/c1-17-12-7-9(4-5-13(12)19-14(17)18)11(15)8-10-3-2-6-16-10/h4-5,7,10-11,16H,2-3,6,8,15H2,1H3. The summed E-state index contributed by atoms with van der Waals surface area (Å²) < 4.78 is 6.63. The Labute approximate surface area is 111 Å². The molecule has 0 saturated carbocycles. The van der Waals surface area contributed by atoms with Gasteiger partial charge in [-0.05, 0) is 43.5 Å². The average Bonchev–Trinajstić information content (AvgIpc) is 2.99. The number of benzene rings is 1. The fourth-order valence-electron chi connectivity index (χ4n) is 2.77. The van der Waals surface area contributed by atoms with E-state index in [1.54, 1.807) is 7.05 Å². The molecule has 0 radical (unpaired) electrons. The predicted octanol–water partition coefficient (Wildman–Crippen LogP) is 1.27. The van der Waals surface area contributed by atoms with Crippen molar-refractivity contribution in [3.63, 3.8) is 0 Å². The van der Waals surface area contributed by atoms with Crippen LogP contribution in [0.2, 0.25) is 0 Å². The number of nitrogens with zero attached hydrogens (tertiary/aromatic N) is 1. The number of aryl methyl sites for hydroxylation is 1. The number of aromatic nitrogens is 1. The third-order valence-corrected chi connectivity index (χ3v) is 3.94. The fraction of sp³-hybridized carbons (Fsp3) is 0.500. The normalized spacial score (nSPS) is 21.1. The zero-order chi connectivity index (χ0) is 13.4. The Morgan fingerprint density at radius 2 is 2.42 bits per heavy atom. The average molecular weight is 261 g/mol. The molecule has 5 nitrogen and oxygen atoms in total. The Kier molecular flexibility index (Phi) is 3.16. The second-order valence-electron chi connectivity index (χ2n) is 5.29. The van der Waals surface area contributed by atoms with Crippen molar-refractivity contribution in [2.45, 2.75) is 31.3 Å². The van der Waals surface area contributed by atoms with E-state index in [0.29, 0.717) is 11.6 Å². The Morgan fingerprint density at radius 1 is 1.58 bits per heavy atom. The topological polar surface area (TPSA) is 73.2 Å². The van der Waals surface area contributed by atoms with Gasteiger partial charge < -0.3 is 15.5 Å². The molecule has 1 aromatic carbocycles. The van der Waals surface area contributed by atoms with E-state index in [1.807, 2.05) is 18.2 Å². The number of nitrogens with two attached hydrogens (primary N) is 1. The van der Waals surface area contributed by atoms with Crippen molar-refractivity contribution in [1.29, 1.82) is 0 Å². The van der Waals surface area contributed by atoms with Gasteiger partial charge in [-0.25, -0.2) is 4.79 Å². The summed E-state index contributed by atoms with van der Waals surface area (Å²) in [5.41, 5.74) is 8.73. The zero-order valence-electron chi connectivity index (χ0n) is 11.1. The molecule has 19 heavy (non-hydrogen) atoms. The van der Waals surface area contributed by atoms with E-state index < -0.39 is 0 Å². The van der Waals surface area contributed by atoms with Crippen LogP contribution in [0.25, 0.3) is 11.1 Å². The van der Waals surface area contributed by atoms with E-state index in [9.17, 15) is 4.79 Å². The molecule has 1 aliphatic heterocycles. The van der Waals surface area contributed by atoms with Crippen LogP contribution in [0.1, 0.15) is 30.9 Å². The Bertz CT molecular complexity index is 638. The summed E-state index contributed by atoms with van der Waals surface area (Å²) in [4.78, 5) is 11.5. The van der Waals surface area contributed by atoms with Crippen molar-refractivity contribution < 1.29 is 4.42 Å². The van der Waals surface area contributed by atoms with Crippen molar-refractivity contribution in [2.24, 2.45) is 12.8 Å². The van der Waals surface area contributed by atoms with Crippen molar-refractivity contribution in [3.8, 4) is 0 Å². The maximum atomic E-state index is 11.5. The van der Waals surface area contributed by atoms with Crippen LogP contribution in [-0.2, 0) is 7.05 Å². The molecule has 1 aromatic heterocycles. The summed E-state index contributed by atoms with van der Waals surface area (Å²) in [6, 6.07) is 6.24. The molecular weight excluding hydrogens is 242 g/mol. The number of rotatable bonds is 3. The van der Waals surface area contributed by atoms with Crippen molar-refractivity contribution in [2.75, 3.05) is 6.54 Å². The van der Waals surface area contributed by atoms with Crippen LogP contribution < -0.4 is 16.8 Å². The smallest absolute Gasteiger partial charge is 0.408 e. The zero-order valence-corrected chi connectivity index (χ0v) is 11.1. The first kappa shape index (κ1) is 12.4. The van der Waals surface area contributed by atoms with E-state index >= 15 is 0 Å². The SMILES string of the molecule is Cn1c(=O)oc2ccc(C(N)CC3CCCN3)cc21. The molecule has 102 valence electrons. The highest BCUT2D eigenvalue weighted by Crippen LogP contribution is 2.23. The quantitative estimate of drug-likeness (QED) is 0.872. The van der Waals surface area contributed by atoms with E-state index in [1.165, 1.54) is 17.4 Å². The van der Waals surface area contributed by atoms with Crippen LogP contribution >= 0.6 is 0 Å². The molecule has 0 spiro atoms. The highest BCUT2D eigenvalue weighted by Gasteiger charge is 2.19. The molecular formula is C14H19N3O2. The minimum absolute atomic E-state index is 0.00926. The lowest BCUT2D eigenvalue weighted by molar-refractivity contribution is 0.499. The van der Waals surface area contributed by atoms with Gasteiger partial charge in [-0.1, -0.05) is 6.07 Å². The molecule has 0 aliphatic carbocycles. The number of hydrogen-bond acceptors (Lipinski definition) is 4. The number of fused-ring (bicyclic) bond motifs is 1. The fourth-order valence-corrected chi connectivity index (χ4v) is 2.77. The summed E-state index contributed by atoms with van der Waals surface area (Å²) in [6.45, 7) is 1.09. The van der Waals surface area contributed by atoms with Gasteiger partial charge in [0.05, 0.1) is 5.52 Å². The maximum Gasteiger partial charge on any atom is 0.419 e. The monoisotopic (exact) mass is 261 g/mol. The first-order chi connectivity index (χ1) is 9.15. The van der Waals surface area contributed by atoms with E-state index in [4.69, 9.17) is 10.2 Å². The minimum atomic E-state index is -0.335. The van der Waals surface area contributed by atoms with Gasteiger partial charge >= 0.3 is 5.76 Å². The summed E-state index contributed by atoms with van der Waals surface area (Å²) in [7, 11) is 1.71. The van der Waals surface area contributed by atoms with Gasteiger partial charge in [-0.2, -0.15) is 0 Å². The summed E-state index contributed by atoms with van der Waals surface area (Å²) >= 11 is 0. The van der Waals surface area contributed by atoms with Crippen LogP contribution in [0.15, 0.2) is 27.4 Å². The molecule has 2 aromatic rings. The molecule has 2 unspecified atom stereocenters. The summed E-state index contributed by atoms with van der Waals surface area (Å²) in [5, 5.41) is 3.46. The number of nitrogens with one attached hydrogen (secondary N) is 1. The van der Waals surface area contributed by atoms with Crippen molar-refractivity contribution in [3.05, 3.63) is 34.3 Å². The van der Waals surface area contributed by atoms with Gasteiger partial charge in [0.15, 0.2) is 5.58 Å². The third-order valence-electron chi connectivity index (χ3n) is 3.94. The maximum absolute atomic E-state index is 11.5. The van der Waals surface area contributed by atoms with E-state index in [2.05, 4.69) is 5.32 Å². The molecule has 1 saturated heterocycles. The predicted molar refractivity (Wildman–Crippen MR) is 74.0 cm³/mol. The molecule has 5 heteroatoms. The van der Waals surface area contributed by atoms with Crippen LogP contribution in [-0.4, -0.2) is 17.2 Å².